The summed E-state index contributed by atoms with van der Waals surface area (Å²) >= 11 is 1.44. The fourth-order valence-electron chi connectivity index (χ4n) is 5.89. The van der Waals surface area contributed by atoms with E-state index >= 15 is 0 Å². The van der Waals surface area contributed by atoms with Crippen molar-refractivity contribution in [1.29, 1.82) is 0 Å². The van der Waals surface area contributed by atoms with E-state index in [2.05, 4.69) is 21.3 Å². The van der Waals surface area contributed by atoms with Gasteiger partial charge in [0.2, 0.25) is 23.6 Å². The zero-order chi connectivity index (χ0) is 38.1. The fourth-order valence-corrected chi connectivity index (χ4v) is 7.03. The average Bonchev–Trinajstić information content (AvgIpc) is 3.38. The van der Waals surface area contributed by atoms with Crippen molar-refractivity contribution in [1.82, 2.24) is 26.2 Å². The molecular formula is C39H57N5O6S. The molecule has 0 aromatic heterocycles. The molecule has 2 aromatic carbocycles. The number of hydrogen-bond acceptors (Lipinski definition) is 7. The van der Waals surface area contributed by atoms with Crippen LogP contribution in [0.4, 0.5) is 0 Å². The van der Waals surface area contributed by atoms with Gasteiger partial charge in [-0.15, -0.1) is 11.8 Å². The zero-order valence-corrected chi connectivity index (χ0v) is 32.4. The predicted molar refractivity (Wildman–Crippen MR) is 201 cm³/mol. The largest absolute Gasteiger partial charge is 0.381 e. The number of nitrogens with zero attached hydrogens (tertiary/aromatic N) is 1. The molecule has 0 saturated carbocycles. The summed E-state index contributed by atoms with van der Waals surface area (Å²) in [7, 11) is 0. The Labute approximate surface area is 307 Å². The number of carbonyl (C=O) groups is 5. The Morgan fingerprint density at radius 3 is 2.02 bits per heavy atom. The highest BCUT2D eigenvalue weighted by Crippen LogP contribution is 2.40. The number of hydrogen-bond donors (Lipinski definition) is 5. The number of carbonyl (C=O) groups excluding carboxylic acids is 5. The summed E-state index contributed by atoms with van der Waals surface area (Å²) in [4.78, 5) is 69.7. The number of thioether (sulfide) groups is 1. The maximum absolute atomic E-state index is 14.2. The molecule has 2 aromatic rings. The molecule has 5 amide bonds. The maximum atomic E-state index is 14.2. The zero-order valence-electron chi connectivity index (χ0n) is 31.5. The van der Waals surface area contributed by atoms with Crippen molar-refractivity contribution in [2.24, 2.45) is 10.8 Å². The summed E-state index contributed by atoms with van der Waals surface area (Å²) in [5, 5.41) is 23.3. The molecule has 280 valence electrons. The predicted octanol–water partition coefficient (Wildman–Crippen LogP) is 4.11. The van der Waals surface area contributed by atoms with Crippen LogP contribution in [0.25, 0.3) is 0 Å². The van der Waals surface area contributed by atoms with Gasteiger partial charge >= 0.3 is 0 Å². The Balaban J connectivity index is 1.91. The average molecular weight is 724 g/mol. The Morgan fingerprint density at radius 1 is 0.882 bits per heavy atom. The van der Waals surface area contributed by atoms with Crippen LogP contribution in [0, 0.1) is 10.8 Å². The van der Waals surface area contributed by atoms with Gasteiger partial charge in [-0.25, -0.2) is 0 Å². The van der Waals surface area contributed by atoms with Gasteiger partial charge in [0.05, 0.1) is 11.9 Å². The number of amides is 5. The minimum absolute atomic E-state index is 0.106. The summed E-state index contributed by atoms with van der Waals surface area (Å²) in [5.74, 6) is -2.27. The van der Waals surface area contributed by atoms with Crippen LogP contribution in [0.1, 0.15) is 92.3 Å². The number of nitrogens with one attached hydrogen (secondary N) is 4. The first-order valence-electron chi connectivity index (χ1n) is 17.6. The fraction of sp³-hybridized carbons (Fsp3) is 0.564. The lowest BCUT2D eigenvalue weighted by molar-refractivity contribution is -0.148. The first-order chi connectivity index (χ1) is 23.7. The molecule has 1 heterocycles. The van der Waals surface area contributed by atoms with E-state index in [4.69, 9.17) is 0 Å². The lowest BCUT2D eigenvalue weighted by atomic mass is 9.85. The first-order valence-corrected chi connectivity index (χ1v) is 18.6. The summed E-state index contributed by atoms with van der Waals surface area (Å²) in [6.45, 7) is 17.5. The van der Waals surface area contributed by atoms with Crippen molar-refractivity contribution in [2.75, 3.05) is 12.4 Å². The van der Waals surface area contributed by atoms with Crippen LogP contribution in [-0.2, 0) is 30.4 Å². The molecule has 0 bridgehead atoms. The maximum Gasteiger partial charge on any atom is 0.254 e. The molecule has 0 unspecified atom stereocenters. The van der Waals surface area contributed by atoms with E-state index in [9.17, 15) is 29.1 Å². The third-order valence-electron chi connectivity index (χ3n) is 8.72. The summed E-state index contributed by atoms with van der Waals surface area (Å²) in [6.07, 6.45) is -0.765. The number of benzene rings is 2. The van der Waals surface area contributed by atoms with Gasteiger partial charge in [0.1, 0.15) is 18.1 Å². The number of rotatable bonds is 14. The van der Waals surface area contributed by atoms with Crippen LogP contribution >= 0.6 is 11.8 Å². The molecule has 5 atom stereocenters. The van der Waals surface area contributed by atoms with Gasteiger partial charge in [0.25, 0.3) is 5.91 Å². The Bertz CT molecular complexity index is 1510. The van der Waals surface area contributed by atoms with Crippen LogP contribution in [0.5, 0.6) is 0 Å². The topological polar surface area (TPSA) is 157 Å². The van der Waals surface area contributed by atoms with E-state index in [0.29, 0.717) is 18.5 Å². The van der Waals surface area contributed by atoms with Gasteiger partial charge in [-0.3, -0.25) is 24.0 Å². The van der Waals surface area contributed by atoms with Crippen molar-refractivity contribution >= 4 is 41.3 Å². The number of aliphatic hydroxyl groups is 1. The quantitative estimate of drug-likeness (QED) is 0.197. The Kier molecular flexibility index (Phi) is 14.3. The van der Waals surface area contributed by atoms with Crippen molar-refractivity contribution in [3.8, 4) is 0 Å². The molecule has 1 fully saturated rings. The summed E-state index contributed by atoms with van der Waals surface area (Å²) in [6, 6.07) is 13.8. The van der Waals surface area contributed by atoms with Gasteiger partial charge in [0, 0.05) is 17.7 Å². The third-order valence-corrected chi connectivity index (χ3v) is 10.1. The smallest absolute Gasteiger partial charge is 0.254 e. The number of aliphatic hydroxyl groups excluding tert-OH is 1. The van der Waals surface area contributed by atoms with Crippen LogP contribution in [0.3, 0.4) is 0 Å². The second-order valence-corrected chi connectivity index (χ2v) is 17.7. The molecule has 3 rings (SSSR count). The molecule has 0 spiro atoms. The second-order valence-electron chi connectivity index (χ2n) is 16.1. The minimum Gasteiger partial charge on any atom is -0.381 e. The van der Waals surface area contributed by atoms with E-state index in [0.717, 1.165) is 5.56 Å². The lowest BCUT2D eigenvalue weighted by Crippen LogP contribution is -2.62. The molecule has 5 N–H and O–H groups in total. The monoisotopic (exact) mass is 723 g/mol. The highest BCUT2D eigenvalue weighted by molar-refractivity contribution is 8.00. The molecule has 11 nitrogen and oxygen atoms in total. The Hall–Kier alpha value is -3.90. The van der Waals surface area contributed by atoms with Crippen molar-refractivity contribution in [3.05, 3.63) is 71.8 Å². The van der Waals surface area contributed by atoms with Crippen LogP contribution < -0.4 is 21.3 Å². The van der Waals surface area contributed by atoms with Gasteiger partial charge in [-0.2, -0.15) is 0 Å². The molecule has 0 radical (unpaired) electrons. The van der Waals surface area contributed by atoms with Crippen molar-refractivity contribution in [2.45, 2.75) is 117 Å². The standard InChI is InChI=1S/C39H57N5O6S/c1-10-17-28(45)42-29(26-20-15-12-16-21-26)33(47)43-31(38(5,6)7)34(48)41-27(22-25-18-13-11-14-19-25)30(46)36(50)44-24-51-39(8,9)32(44)35(49)40-23-37(2,3)4/h11-16,18-21,27,29-32,46H,10,17,22-24H2,1-9H3,(H,40,49)(H,41,48)(H,42,45)(H,43,47)/t27-,29-,30-,31+,32+/m0/s1. The highest BCUT2D eigenvalue weighted by Gasteiger charge is 2.50. The van der Waals surface area contributed by atoms with Crippen molar-refractivity contribution < 1.29 is 29.1 Å². The SMILES string of the molecule is CCCC(=O)N[C@H](C(=O)N[C@H](C(=O)N[C@@H](Cc1ccccc1)[C@H](O)C(=O)N1CSC(C)(C)[C@H]1C(=O)NCC(C)(C)C)C(C)(C)C)c1ccccc1. The molecule has 51 heavy (non-hydrogen) atoms. The Morgan fingerprint density at radius 2 is 1.47 bits per heavy atom. The minimum atomic E-state index is -1.71. The van der Waals surface area contributed by atoms with Crippen molar-refractivity contribution in [3.63, 3.8) is 0 Å². The van der Waals surface area contributed by atoms with Crippen LogP contribution in [0.15, 0.2) is 60.7 Å². The van der Waals surface area contributed by atoms with Crippen LogP contribution in [0.2, 0.25) is 0 Å². The van der Waals surface area contributed by atoms with E-state index in [1.807, 2.05) is 71.9 Å². The van der Waals surface area contributed by atoms with Gasteiger partial charge < -0.3 is 31.3 Å². The molecule has 1 saturated heterocycles. The van der Waals surface area contributed by atoms with E-state index in [1.165, 1.54) is 16.7 Å². The van der Waals surface area contributed by atoms with E-state index in [1.54, 1.807) is 51.1 Å². The summed E-state index contributed by atoms with van der Waals surface area (Å²) in [5.41, 5.74) is 0.339. The van der Waals surface area contributed by atoms with Crippen LogP contribution in [-0.4, -0.2) is 80.9 Å². The summed E-state index contributed by atoms with van der Waals surface area (Å²) < 4.78 is -0.626. The third kappa shape index (κ3) is 11.8. The second kappa shape index (κ2) is 17.5. The molecule has 1 aliphatic rings. The lowest BCUT2D eigenvalue weighted by Gasteiger charge is -2.36. The normalized spacial score (nSPS) is 18.2. The highest BCUT2D eigenvalue weighted by atomic mass is 32.2. The molecular weight excluding hydrogens is 667 g/mol. The van der Waals surface area contributed by atoms with Gasteiger partial charge in [-0.05, 0) is 48.6 Å². The molecule has 12 heteroatoms. The van der Waals surface area contributed by atoms with Gasteiger partial charge in [-0.1, -0.05) is 109 Å². The first kappa shape index (κ1) is 41.5. The molecule has 1 aliphatic heterocycles. The van der Waals surface area contributed by atoms with E-state index < -0.39 is 58.2 Å². The van der Waals surface area contributed by atoms with Gasteiger partial charge in [0.15, 0.2) is 6.10 Å². The molecule has 0 aliphatic carbocycles. The van der Waals surface area contributed by atoms with E-state index in [-0.39, 0.29) is 35.9 Å².